The Morgan fingerprint density at radius 3 is 2.20 bits per heavy atom. The predicted octanol–water partition coefficient (Wildman–Crippen LogP) is -0.520. The van der Waals surface area contributed by atoms with E-state index in [1.165, 1.54) is 0 Å². The number of hydrogen-bond donors (Lipinski definition) is 0. The second-order valence-corrected chi connectivity index (χ2v) is 3.68. The molecule has 0 atom stereocenters. The molecule has 0 spiro atoms. The third-order valence-electron chi connectivity index (χ3n) is 1.20. The first-order chi connectivity index (χ1) is 6.29. The standard InChI is InChI=1S/C9H9F3NO.Li/c1-9(2,3)14-5-4-6(10)13-8(12)7(5)11;/h1-3H3;/q-1;+1. The molecule has 0 bridgehead atoms. The first kappa shape index (κ1) is 14.3. The first-order valence-corrected chi connectivity index (χ1v) is 3.92. The van der Waals surface area contributed by atoms with Crippen LogP contribution < -0.4 is 23.6 Å². The molecule has 0 aliphatic rings. The number of halogens is 3. The molecule has 1 heterocycles. The van der Waals surface area contributed by atoms with Gasteiger partial charge in [-0.1, -0.05) is 0 Å². The van der Waals surface area contributed by atoms with Gasteiger partial charge in [-0.05, 0) is 26.5 Å². The molecule has 0 aliphatic heterocycles. The van der Waals surface area contributed by atoms with Crippen LogP contribution in [-0.4, -0.2) is 10.6 Å². The van der Waals surface area contributed by atoms with Gasteiger partial charge in [0.15, 0.2) is 5.95 Å². The van der Waals surface area contributed by atoms with Crippen molar-refractivity contribution in [3.63, 3.8) is 0 Å². The van der Waals surface area contributed by atoms with Crippen molar-refractivity contribution in [2.45, 2.75) is 26.4 Å². The fourth-order valence-electron chi connectivity index (χ4n) is 0.782. The second kappa shape index (κ2) is 4.91. The molecule has 0 saturated heterocycles. The van der Waals surface area contributed by atoms with Crippen LogP contribution >= 0.6 is 0 Å². The SMILES string of the molecule is CC(C)(C)Oc1[c-]c(F)nc(F)c1F.[Li+]. The molecule has 0 radical (unpaired) electrons. The minimum Gasteiger partial charge on any atom is -0.523 e. The predicted molar refractivity (Wildman–Crippen MR) is 43.3 cm³/mol. The van der Waals surface area contributed by atoms with E-state index < -0.39 is 29.1 Å². The van der Waals surface area contributed by atoms with Crippen molar-refractivity contribution in [1.29, 1.82) is 0 Å². The number of ether oxygens (including phenoxy) is 1. The molecule has 15 heavy (non-hydrogen) atoms. The Labute approximate surface area is 98.0 Å². The van der Waals surface area contributed by atoms with Crippen LogP contribution in [0.15, 0.2) is 0 Å². The average molecular weight is 211 g/mol. The van der Waals surface area contributed by atoms with Crippen LogP contribution in [0.1, 0.15) is 20.8 Å². The minimum absolute atomic E-state index is 0. The van der Waals surface area contributed by atoms with Crippen molar-refractivity contribution in [2.24, 2.45) is 0 Å². The molecular formula is C9H9F3LiNO. The van der Waals surface area contributed by atoms with Gasteiger partial charge in [0.2, 0.25) is 0 Å². The second-order valence-electron chi connectivity index (χ2n) is 3.68. The fourth-order valence-corrected chi connectivity index (χ4v) is 0.782. The molecule has 1 aromatic heterocycles. The molecule has 0 amide bonds. The topological polar surface area (TPSA) is 22.1 Å². The number of pyridine rings is 1. The van der Waals surface area contributed by atoms with Crippen LogP contribution in [0.25, 0.3) is 0 Å². The van der Waals surface area contributed by atoms with Gasteiger partial charge in [-0.25, -0.2) is 13.8 Å². The van der Waals surface area contributed by atoms with Gasteiger partial charge < -0.3 is 9.13 Å². The molecule has 0 saturated carbocycles. The third kappa shape index (κ3) is 4.14. The zero-order chi connectivity index (χ0) is 10.9. The summed E-state index contributed by atoms with van der Waals surface area (Å²) in [5.74, 6) is -4.69. The van der Waals surface area contributed by atoms with Crippen molar-refractivity contribution in [2.75, 3.05) is 0 Å². The number of hydrogen-bond acceptors (Lipinski definition) is 2. The quantitative estimate of drug-likeness (QED) is 0.354. The molecular weight excluding hydrogens is 202 g/mol. The van der Waals surface area contributed by atoms with Crippen molar-refractivity contribution in [1.82, 2.24) is 4.98 Å². The van der Waals surface area contributed by atoms with E-state index in [1.54, 1.807) is 20.8 Å². The molecule has 2 nitrogen and oxygen atoms in total. The smallest absolute Gasteiger partial charge is 0.523 e. The zero-order valence-electron chi connectivity index (χ0n) is 8.99. The summed E-state index contributed by atoms with van der Waals surface area (Å²) < 4.78 is 43.0. The zero-order valence-corrected chi connectivity index (χ0v) is 8.99. The average Bonchev–Trinajstić information content (AvgIpc) is 1.96. The van der Waals surface area contributed by atoms with Gasteiger partial charge >= 0.3 is 18.9 Å². The van der Waals surface area contributed by atoms with Gasteiger partial charge in [0, 0.05) is 0 Å². The van der Waals surface area contributed by atoms with Crippen molar-refractivity contribution in [3.8, 4) is 5.75 Å². The fraction of sp³-hybridized carbons (Fsp3) is 0.444. The van der Waals surface area contributed by atoms with Crippen molar-refractivity contribution >= 4 is 0 Å². The summed E-state index contributed by atoms with van der Waals surface area (Å²) in [4.78, 5) is 2.62. The molecule has 78 valence electrons. The molecule has 0 aromatic carbocycles. The molecule has 0 aliphatic carbocycles. The summed E-state index contributed by atoms with van der Waals surface area (Å²) in [5, 5.41) is 0. The van der Waals surface area contributed by atoms with E-state index in [4.69, 9.17) is 4.74 Å². The van der Waals surface area contributed by atoms with E-state index in [-0.39, 0.29) is 18.9 Å². The first-order valence-electron chi connectivity index (χ1n) is 3.92. The van der Waals surface area contributed by atoms with Crippen molar-refractivity contribution in [3.05, 3.63) is 23.8 Å². The van der Waals surface area contributed by atoms with E-state index in [1.807, 2.05) is 6.07 Å². The van der Waals surface area contributed by atoms with E-state index in [0.29, 0.717) is 0 Å². The molecule has 6 heteroatoms. The van der Waals surface area contributed by atoms with Gasteiger partial charge in [-0.15, -0.1) is 6.07 Å². The maximum Gasteiger partial charge on any atom is 1.00 e. The van der Waals surface area contributed by atoms with E-state index in [2.05, 4.69) is 4.98 Å². The Hall–Kier alpha value is -0.663. The van der Waals surface area contributed by atoms with Gasteiger partial charge in [0.05, 0.1) is 11.4 Å². The summed E-state index contributed by atoms with van der Waals surface area (Å²) in [6, 6.07) is 1.86. The Kier molecular flexibility index (Phi) is 4.69. The van der Waals surface area contributed by atoms with Crippen LogP contribution in [0.3, 0.4) is 0 Å². The molecule has 0 unspecified atom stereocenters. The minimum atomic E-state index is -1.53. The maximum atomic E-state index is 13.0. The molecule has 0 N–H and O–H groups in total. The van der Waals surface area contributed by atoms with Crippen molar-refractivity contribution < 1.29 is 36.8 Å². The third-order valence-corrected chi connectivity index (χ3v) is 1.20. The van der Waals surface area contributed by atoms with Crippen LogP contribution in [-0.2, 0) is 0 Å². The Morgan fingerprint density at radius 2 is 1.73 bits per heavy atom. The van der Waals surface area contributed by atoms with Crippen LogP contribution in [0.5, 0.6) is 5.75 Å². The largest absolute Gasteiger partial charge is 1.00 e. The van der Waals surface area contributed by atoms with Gasteiger partial charge in [-0.2, -0.15) is 0 Å². The number of nitrogens with zero attached hydrogens (tertiary/aromatic N) is 1. The Morgan fingerprint density at radius 1 is 1.20 bits per heavy atom. The summed E-state index contributed by atoms with van der Waals surface area (Å²) in [6.45, 7) is 4.86. The summed E-state index contributed by atoms with van der Waals surface area (Å²) in [6.07, 6.45) is 0. The molecule has 1 rings (SSSR count). The summed E-state index contributed by atoms with van der Waals surface area (Å²) in [7, 11) is 0. The van der Waals surface area contributed by atoms with Gasteiger partial charge in [0.1, 0.15) is 5.95 Å². The van der Waals surface area contributed by atoms with Crippen LogP contribution in [0.2, 0.25) is 0 Å². The summed E-state index contributed by atoms with van der Waals surface area (Å²) in [5.41, 5.74) is -0.752. The van der Waals surface area contributed by atoms with E-state index in [0.717, 1.165) is 0 Å². The Balaban J connectivity index is 0.00000196. The van der Waals surface area contributed by atoms with E-state index >= 15 is 0 Å². The van der Waals surface area contributed by atoms with Crippen LogP contribution in [0, 0.1) is 23.8 Å². The monoisotopic (exact) mass is 211 g/mol. The maximum absolute atomic E-state index is 13.0. The van der Waals surface area contributed by atoms with Gasteiger partial charge in [-0.3, -0.25) is 0 Å². The Bertz CT molecular complexity index is 352. The molecule has 1 aromatic rings. The molecule has 0 fully saturated rings. The number of rotatable bonds is 1. The normalized spacial score (nSPS) is 10.8. The summed E-state index contributed by atoms with van der Waals surface area (Å²) >= 11 is 0. The van der Waals surface area contributed by atoms with E-state index in [9.17, 15) is 13.2 Å². The number of aromatic nitrogens is 1. The van der Waals surface area contributed by atoms with Crippen LogP contribution in [0.4, 0.5) is 13.2 Å². The van der Waals surface area contributed by atoms with Gasteiger partial charge in [0.25, 0.3) is 0 Å².